The van der Waals surface area contributed by atoms with Crippen LogP contribution in [0.5, 0.6) is 11.5 Å². The van der Waals surface area contributed by atoms with Crippen LogP contribution in [0.1, 0.15) is 37.7 Å². The number of benzene rings is 2. The Morgan fingerprint density at radius 3 is 2.49 bits per heavy atom. The van der Waals surface area contributed by atoms with Crippen molar-refractivity contribution in [1.29, 1.82) is 0 Å². The fourth-order valence-electron chi connectivity index (χ4n) is 5.65. The Labute approximate surface area is 215 Å². The quantitative estimate of drug-likeness (QED) is 0.451. The third-order valence-corrected chi connectivity index (χ3v) is 7.88. The minimum Gasteiger partial charge on any atom is -0.493 e. The van der Waals surface area contributed by atoms with Crippen molar-refractivity contribution in [3.63, 3.8) is 0 Å². The van der Waals surface area contributed by atoms with Gasteiger partial charge in [0.25, 0.3) is 5.56 Å². The van der Waals surface area contributed by atoms with Crippen LogP contribution in [0, 0.1) is 5.41 Å². The lowest BCUT2D eigenvalue weighted by Crippen LogP contribution is -2.53. The van der Waals surface area contributed by atoms with Gasteiger partial charge in [-0.15, -0.1) is 0 Å². The zero-order chi connectivity index (χ0) is 26.0. The van der Waals surface area contributed by atoms with Crippen LogP contribution in [0.3, 0.4) is 0 Å². The number of aliphatic hydroxyl groups is 1. The predicted molar refractivity (Wildman–Crippen MR) is 141 cm³/mol. The van der Waals surface area contributed by atoms with Crippen molar-refractivity contribution in [3.05, 3.63) is 58.4 Å². The highest BCUT2D eigenvalue weighted by molar-refractivity contribution is 5.84. The average Bonchev–Trinajstić information content (AvgIpc) is 3.32. The highest BCUT2D eigenvalue weighted by atomic mass is 16.5. The second kappa shape index (κ2) is 10.4. The molecule has 2 aromatic carbocycles. The standard InChI is InChI=1S/C28H34N4O5/c1-36-23-15-19-21(16-24(23)37-2)30-27(31-25(19)34)32-13-11-28(12-14-32,17-18-7-4-3-5-8-18)26(35)29-20-9-6-10-22(20)33/h3-5,7-8,15-16,20,22,33H,6,9-14,17H2,1-2H3,(H,29,35)(H,30,31,34)/t20?,22-/m0/s1. The van der Waals surface area contributed by atoms with E-state index in [1.165, 1.54) is 7.11 Å². The molecule has 0 bridgehead atoms. The van der Waals surface area contributed by atoms with Gasteiger partial charge in [-0.05, 0) is 50.2 Å². The van der Waals surface area contributed by atoms with E-state index in [0.29, 0.717) is 60.7 Å². The molecule has 9 heteroatoms. The number of aliphatic hydroxyl groups excluding tert-OH is 1. The van der Waals surface area contributed by atoms with Gasteiger partial charge in [-0.3, -0.25) is 14.6 Å². The second-order valence-electron chi connectivity index (χ2n) is 10.1. The SMILES string of the molecule is COc1cc2nc(N3CCC(Cc4ccccc4)(C(=O)NC4CCC[C@@H]4O)CC3)[nH]c(=O)c2cc1OC. The van der Waals surface area contributed by atoms with Crippen LogP contribution >= 0.6 is 0 Å². The Morgan fingerprint density at radius 1 is 1.14 bits per heavy atom. The molecule has 1 saturated heterocycles. The normalized spacial score (nSPS) is 21.1. The molecule has 1 aliphatic heterocycles. The summed E-state index contributed by atoms with van der Waals surface area (Å²) in [5.74, 6) is 1.45. The van der Waals surface area contributed by atoms with Crippen LogP contribution in [0.4, 0.5) is 5.95 Å². The number of carbonyl (C=O) groups excluding carboxylic acids is 1. The van der Waals surface area contributed by atoms with Crippen molar-refractivity contribution in [1.82, 2.24) is 15.3 Å². The van der Waals surface area contributed by atoms with Gasteiger partial charge < -0.3 is 24.8 Å². The molecule has 2 heterocycles. The van der Waals surface area contributed by atoms with Crippen LogP contribution in [-0.2, 0) is 11.2 Å². The zero-order valence-electron chi connectivity index (χ0n) is 21.3. The van der Waals surface area contributed by atoms with E-state index in [2.05, 4.69) is 22.4 Å². The van der Waals surface area contributed by atoms with E-state index in [1.807, 2.05) is 23.1 Å². The summed E-state index contributed by atoms with van der Waals surface area (Å²) in [7, 11) is 3.07. The maximum absolute atomic E-state index is 13.7. The molecule has 196 valence electrons. The molecule has 0 radical (unpaired) electrons. The number of piperidine rings is 1. The minimum absolute atomic E-state index is 0.00116. The van der Waals surface area contributed by atoms with E-state index in [0.717, 1.165) is 24.8 Å². The van der Waals surface area contributed by atoms with Crippen LogP contribution in [-0.4, -0.2) is 60.4 Å². The number of amides is 1. The molecule has 5 rings (SSSR count). The first-order valence-electron chi connectivity index (χ1n) is 12.9. The number of ether oxygens (including phenoxy) is 2. The Bertz CT molecular complexity index is 1320. The summed E-state index contributed by atoms with van der Waals surface area (Å²) >= 11 is 0. The predicted octanol–water partition coefficient (Wildman–Crippen LogP) is 2.80. The largest absolute Gasteiger partial charge is 0.493 e. The van der Waals surface area contributed by atoms with Crippen LogP contribution in [0.15, 0.2) is 47.3 Å². The summed E-state index contributed by atoms with van der Waals surface area (Å²) in [6.07, 6.45) is 3.78. The third-order valence-electron chi connectivity index (χ3n) is 7.88. The van der Waals surface area contributed by atoms with E-state index >= 15 is 0 Å². The van der Waals surface area contributed by atoms with E-state index in [9.17, 15) is 14.7 Å². The summed E-state index contributed by atoms with van der Waals surface area (Å²) in [5.41, 5.74) is 0.769. The number of nitrogens with zero attached hydrogens (tertiary/aromatic N) is 2. The number of hydrogen-bond donors (Lipinski definition) is 3. The summed E-state index contributed by atoms with van der Waals surface area (Å²) < 4.78 is 10.7. The van der Waals surface area contributed by atoms with Crippen molar-refractivity contribution in [2.24, 2.45) is 5.41 Å². The van der Waals surface area contributed by atoms with Gasteiger partial charge in [0.1, 0.15) is 0 Å². The lowest BCUT2D eigenvalue weighted by Gasteiger charge is -2.41. The number of carbonyl (C=O) groups is 1. The molecule has 37 heavy (non-hydrogen) atoms. The maximum Gasteiger partial charge on any atom is 0.260 e. The molecule has 1 amide bonds. The van der Waals surface area contributed by atoms with E-state index in [4.69, 9.17) is 14.5 Å². The topological polar surface area (TPSA) is 117 Å². The van der Waals surface area contributed by atoms with Gasteiger partial charge in [-0.25, -0.2) is 4.98 Å². The van der Waals surface area contributed by atoms with Crippen molar-refractivity contribution in [2.45, 2.75) is 50.7 Å². The number of methoxy groups -OCH3 is 2. The Balaban J connectivity index is 1.40. The number of H-pyrrole nitrogens is 1. The Hall–Kier alpha value is -3.59. The van der Waals surface area contributed by atoms with Crippen LogP contribution < -0.4 is 25.2 Å². The molecule has 1 saturated carbocycles. The van der Waals surface area contributed by atoms with Crippen LogP contribution in [0.25, 0.3) is 10.9 Å². The number of aromatic nitrogens is 2. The number of anilines is 1. The van der Waals surface area contributed by atoms with Gasteiger partial charge in [-0.1, -0.05) is 30.3 Å². The van der Waals surface area contributed by atoms with Gasteiger partial charge in [-0.2, -0.15) is 0 Å². The van der Waals surface area contributed by atoms with Crippen LogP contribution in [0.2, 0.25) is 0 Å². The number of aromatic amines is 1. The molecule has 2 atom stereocenters. The molecule has 1 aromatic heterocycles. The smallest absolute Gasteiger partial charge is 0.260 e. The molecule has 1 aliphatic carbocycles. The number of nitrogens with one attached hydrogen (secondary N) is 2. The molecule has 3 aromatic rings. The van der Waals surface area contributed by atoms with E-state index < -0.39 is 11.5 Å². The van der Waals surface area contributed by atoms with Gasteiger partial charge in [0.05, 0.1) is 42.7 Å². The Kier molecular flexibility index (Phi) is 7.06. The van der Waals surface area contributed by atoms with Gasteiger partial charge in [0.2, 0.25) is 11.9 Å². The molecular weight excluding hydrogens is 472 g/mol. The Morgan fingerprint density at radius 2 is 1.84 bits per heavy atom. The van der Waals surface area contributed by atoms with Crippen molar-refractivity contribution in [2.75, 3.05) is 32.2 Å². The third kappa shape index (κ3) is 5.00. The van der Waals surface area contributed by atoms with Crippen molar-refractivity contribution >= 4 is 22.8 Å². The minimum atomic E-state index is -0.603. The van der Waals surface area contributed by atoms with Gasteiger partial charge >= 0.3 is 0 Å². The highest BCUT2D eigenvalue weighted by Gasteiger charge is 2.43. The van der Waals surface area contributed by atoms with E-state index in [1.54, 1.807) is 19.2 Å². The summed E-state index contributed by atoms with van der Waals surface area (Å²) in [6, 6.07) is 13.2. The fourth-order valence-corrected chi connectivity index (χ4v) is 5.65. The van der Waals surface area contributed by atoms with Gasteiger partial charge in [0, 0.05) is 19.2 Å². The maximum atomic E-state index is 13.7. The summed E-state index contributed by atoms with van der Waals surface area (Å²) in [4.78, 5) is 36.2. The molecule has 9 nitrogen and oxygen atoms in total. The fraction of sp³-hybridized carbons (Fsp3) is 0.464. The second-order valence-corrected chi connectivity index (χ2v) is 10.1. The number of hydrogen-bond acceptors (Lipinski definition) is 7. The molecule has 3 N–H and O–H groups in total. The molecule has 2 fully saturated rings. The van der Waals surface area contributed by atoms with E-state index in [-0.39, 0.29) is 17.5 Å². The molecular formula is C28H34N4O5. The summed E-state index contributed by atoms with van der Waals surface area (Å²) in [6.45, 7) is 1.13. The number of rotatable bonds is 7. The molecule has 1 unspecified atom stereocenters. The first-order valence-corrected chi connectivity index (χ1v) is 12.9. The molecule has 0 spiro atoms. The highest BCUT2D eigenvalue weighted by Crippen LogP contribution is 2.38. The van der Waals surface area contributed by atoms with Crippen molar-refractivity contribution < 1.29 is 19.4 Å². The zero-order valence-corrected chi connectivity index (χ0v) is 21.3. The van der Waals surface area contributed by atoms with Crippen molar-refractivity contribution in [3.8, 4) is 11.5 Å². The first kappa shape index (κ1) is 25.1. The first-order chi connectivity index (χ1) is 17.9. The summed E-state index contributed by atoms with van der Waals surface area (Å²) in [5, 5.41) is 13.9. The van der Waals surface area contributed by atoms with Gasteiger partial charge in [0.15, 0.2) is 11.5 Å². The average molecular weight is 507 g/mol. The lowest BCUT2D eigenvalue weighted by molar-refractivity contribution is -0.133. The lowest BCUT2D eigenvalue weighted by atomic mass is 9.72. The monoisotopic (exact) mass is 506 g/mol. The number of fused-ring (bicyclic) bond motifs is 1. The molecule has 2 aliphatic rings.